The number of halogens is 1. The van der Waals surface area contributed by atoms with Gasteiger partial charge in [0.15, 0.2) is 0 Å². The molecule has 0 bridgehead atoms. The smallest absolute Gasteiger partial charge is 0.343 e. The molecular formula is C16H11ClO3. The lowest BCUT2D eigenvalue weighted by Gasteiger charge is -2.00. The van der Waals surface area contributed by atoms with E-state index in [0.717, 1.165) is 11.3 Å². The molecule has 0 radical (unpaired) electrons. The van der Waals surface area contributed by atoms with Gasteiger partial charge in [0.25, 0.3) is 0 Å². The van der Waals surface area contributed by atoms with E-state index in [4.69, 9.17) is 20.8 Å². The van der Waals surface area contributed by atoms with Crippen molar-refractivity contribution >= 4 is 29.4 Å². The fourth-order valence-corrected chi connectivity index (χ4v) is 2.06. The lowest BCUT2D eigenvalue weighted by molar-refractivity contribution is -0.130. The maximum absolute atomic E-state index is 11.8. The Labute approximate surface area is 121 Å². The number of benzene rings is 1. The molecule has 0 spiro atoms. The van der Waals surface area contributed by atoms with E-state index in [0.29, 0.717) is 22.1 Å². The first-order valence-corrected chi connectivity index (χ1v) is 6.47. The first kappa shape index (κ1) is 12.8. The van der Waals surface area contributed by atoms with Crippen molar-refractivity contribution in [2.45, 2.75) is 6.92 Å². The van der Waals surface area contributed by atoms with Crippen molar-refractivity contribution in [2.24, 2.45) is 0 Å². The first-order chi connectivity index (χ1) is 9.61. The number of hydrogen-bond acceptors (Lipinski definition) is 3. The van der Waals surface area contributed by atoms with Crippen molar-refractivity contribution in [1.29, 1.82) is 0 Å². The average molecular weight is 287 g/mol. The number of carbonyl (C=O) groups excluding carboxylic acids is 1. The Morgan fingerprint density at radius 2 is 1.85 bits per heavy atom. The standard InChI is InChI=1S/C16H11ClO3/c1-10-2-7-14(19-10)8-12-9-15(20-16(12)18)11-3-5-13(17)6-4-11/h2-9H,1H3/b12-8-. The molecule has 0 N–H and O–H groups in total. The molecule has 3 rings (SSSR count). The summed E-state index contributed by atoms with van der Waals surface area (Å²) in [4.78, 5) is 11.8. The Bertz CT molecular complexity index is 720. The fourth-order valence-electron chi connectivity index (χ4n) is 1.93. The van der Waals surface area contributed by atoms with Gasteiger partial charge in [0.1, 0.15) is 17.3 Å². The summed E-state index contributed by atoms with van der Waals surface area (Å²) in [6, 6.07) is 10.8. The van der Waals surface area contributed by atoms with Crippen LogP contribution in [0.15, 0.2) is 52.5 Å². The first-order valence-electron chi connectivity index (χ1n) is 6.10. The normalized spacial score (nSPS) is 16.4. The van der Waals surface area contributed by atoms with E-state index in [2.05, 4.69) is 0 Å². The molecule has 0 atom stereocenters. The van der Waals surface area contributed by atoms with Gasteiger partial charge in [0, 0.05) is 10.6 Å². The average Bonchev–Trinajstić information content (AvgIpc) is 2.98. The minimum Gasteiger partial charge on any atom is -0.462 e. The maximum Gasteiger partial charge on any atom is 0.343 e. The number of cyclic esters (lactones) is 1. The Morgan fingerprint density at radius 1 is 1.10 bits per heavy atom. The number of ether oxygens (including phenoxy) is 1. The van der Waals surface area contributed by atoms with Crippen molar-refractivity contribution in [2.75, 3.05) is 0 Å². The minimum atomic E-state index is -0.385. The molecule has 1 aliphatic rings. The molecule has 20 heavy (non-hydrogen) atoms. The molecule has 4 heteroatoms. The predicted molar refractivity (Wildman–Crippen MR) is 76.9 cm³/mol. The van der Waals surface area contributed by atoms with E-state index < -0.39 is 0 Å². The predicted octanol–water partition coefficient (Wildman–Crippen LogP) is 4.22. The van der Waals surface area contributed by atoms with Crippen LogP contribution in [0.25, 0.3) is 11.8 Å². The van der Waals surface area contributed by atoms with Crippen LogP contribution in [0.5, 0.6) is 0 Å². The second kappa shape index (κ2) is 5.02. The van der Waals surface area contributed by atoms with Crippen molar-refractivity contribution in [3.63, 3.8) is 0 Å². The highest BCUT2D eigenvalue weighted by Crippen LogP contribution is 2.28. The molecule has 0 unspecified atom stereocenters. The Kier molecular flexibility index (Phi) is 3.20. The van der Waals surface area contributed by atoms with E-state index in [9.17, 15) is 4.79 Å². The number of aryl methyl sites for hydroxylation is 1. The summed E-state index contributed by atoms with van der Waals surface area (Å²) in [5, 5.41) is 0.639. The van der Waals surface area contributed by atoms with Crippen LogP contribution >= 0.6 is 11.6 Å². The summed E-state index contributed by atoms with van der Waals surface area (Å²) in [7, 11) is 0. The van der Waals surface area contributed by atoms with Gasteiger partial charge in [0.2, 0.25) is 0 Å². The molecule has 1 aromatic carbocycles. The highest BCUT2D eigenvalue weighted by atomic mass is 35.5. The third-order valence-electron chi connectivity index (χ3n) is 2.91. The topological polar surface area (TPSA) is 39.4 Å². The zero-order valence-corrected chi connectivity index (χ0v) is 11.5. The SMILES string of the molecule is Cc1ccc(/C=C2/C=C(c3ccc(Cl)cc3)OC2=O)o1. The zero-order valence-electron chi connectivity index (χ0n) is 10.7. The van der Waals surface area contributed by atoms with Gasteiger partial charge in [-0.2, -0.15) is 0 Å². The lowest BCUT2D eigenvalue weighted by Crippen LogP contribution is -1.96. The highest BCUT2D eigenvalue weighted by molar-refractivity contribution is 6.30. The van der Waals surface area contributed by atoms with Gasteiger partial charge >= 0.3 is 5.97 Å². The van der Waals surface area contributed by atoms with Crippen LogP contribution in [0.4, 0.5) is 0 Å². The van der Waals surface area contributed by atoms with Crippen LogP contribution in [-0.4, -0.2) is 5.97 Å². The molecule has 1 aliphatic heterocycles. The molecule has 0 amide bonds. The summed E-state index contributed by atoms with van der Waals surface area (Å²) in [6.45, 7) is 1.85. The number of hydrogen-bond donors (Lipinski definition) is 0. The highest BCUT2D eigenvalue weighted by Gasteiger charge is 2.22. The van der Waals surface area contributed by atoms with E-state index in [1.807, 2.05) is 19.1 Å². The molecule has 0 saturated heterocycles. The Hall–Kier alpha value is -2.26. The van der Waals surface area contributed by atoms with Gasteiger partial charge in [-0.15, -0.1) is 0 Å². The Morgan fingerprint density at radius 3 is 2.50 bits per heavy atom. The molecule has 1 aromatic heterocycles. The zero-order chi connectivity index (χ0) is 14.1. The van der Waals surface area contributed by atoms with Gasteiger partial charge in [-0.3, -0.25) is 0 Å². The minimum absolute atomic E-state index is 0.385. The number of furan rings is 1. The summed E-state index contributed by atoms with van der Waals surface area (Å²) >= 11 is 5.83. The van der Waals surface area contributed by atoms with E-state index >= 15 is 0 Å². The summed E-state index contributed by atoms with van der Waals surface area (Å²) < 4.78 is 10.7. The number of carbonyl (C=O) groups is 1. The summed E-state index contributed by atoms with van der Waals surface area (Å²) in [5.74, 6) is 1.55. The lowest BCUT2D eigenvalue weighted by atomic mass is 10.1. The van der Waals surface area contributed by atoms with E-state index in [1.54, 1.807) is 36.4 Å². The molecule has 2 aromatic rings. The van der Waals surface area contributed by atoms with Crippen LogP contribution < -0.4 is 0 Å². The van der Waals surface area contributed by atoms with Crippen molar-refractivity contribution in [3.05, 3.63) is 70.2 Å². The van der Waals surface area contributed by atoms with Gasteiger partial charge in [-0.05, 0) is 55.5 Å². The van der Waals surface area contributed by atoms with Gasteiger partial charge < -0.3 is 9.15 Å². The number of rotatable bonds is 2. The van der Waals surface area contributed by atoms with Crippen LogP contribution in [0, 0.1) is 6.92 Å². The third-order valence-corrected chi connectivity index (χ3v) is 3.16. The summed E-state index contributed by atoms with van der Waals surface area (Å²) in [5.41, 5.74) is 1.27. The Balaban J connectivity index is 1.92. The van der Waals surface area contributed by atoms with Crippen molar-refractivity contribution < 1.29 is 13.9 Å². The molecular weight excluding hydrogens is 276 g/mol. The largest absolute Gasteiger partial charge is 0.462 e. The second-order valence-electron chi connectivity index (χ2n) is 4.45. The van der Waals surface area contributed by atoms with Crippen LogP contribution in [0.2, 0.25) is 5.02 Å². The van der Waals surface area contributed by atoms with E-state index in [-0.39, 0.29) is 5.97 Å². The number of esters is 1. The monoisotopic (exact) mass is 286 g/mol. The molecule has 0 saturated carbocycles. The van der Waals surface area contributed by atoms with E-state index in [1.165, 1.54) is 0 Å². The fraction of sp³-hybridized carbons (Fsp3) is 0.0625. The quantitative estimate of drug-likeness (QED) is 0.613. The molecule has 2 heterocycles. The summed E-state index contributed by atoms with van der Waals surface area (Å²) in [6.07, 6.45) is 3.36. The van der Waals surface area contributed by atoms with Crippen LogP contribution in [0.1, 0.15) is 17.1 Å². The molecule has 0 aliphatic carbocycles. The maximum atomic E-state index is 11.8. The van der Waals surface area contributed by atoms with Gasteiger partial charge in [-0.25, -0.2) is 4.79 Å². The van der Waals surface area contributed by atoms with Gasteiger partial charge in [-0.1, -0.05) is 11.6 Å². The van der Waals surface area contributed by atoms with Crippen LogP contribution in [-0.2, 0) is 9.53 Å². The molecule has 0 fully saturated rings. The molecule has 3 nitrogen and oxygen atoms in total. The van der Waals surface area contributed by atoms with Crippen molar-refractivity contribution in [3.8, 4) is 0 Å². The second-order valence-corrected chi connectivity index (χ2v) is 4.89. The van der Waals surface area contributed by atoms with Crippen molar-refractivity contribution in [1.82, 2.24) is 0 Å². The van der Waals surface area contributed by atoms with Gasteiger partial charge in [0.05, 0.1) is 5.57 Å². The van der Waals surface area contributed by atoms with Crippen LogP contribution in [0.3, 0.4) is 0 Å². The molecule has 100 valence electrons. The third kappa shape index (κ3) is 2.53.